The molecular weight excluding hydrogens is 312 g/mol. The Morgan fingerprint density at radius 2 is 2.33 bits per heavy atom. The summed E-state index contributed by atoms with van der Waals surface area (Å²) in [4.78, 5) is 0. The fourth-order valence-electron chi connectivity index (χ4n) is 1.85. The van der Waals surface area contributed by atoms with E-state index in [-0.39, 0.29) is 5.84 Å². The quantitative estimate of drug-likeness (QED) is 0.287. The summed E-state index contributed by atoms with van der Waals surface area (Å²) in [5.74, 6) is 0.691. The van der Waals surface area contributed by atoms with Gasteiger partial charge < -0.3 is 10.9 Å². The smallest absolute Gasteiger partial charge is 0.209 e. The molecule has 0 saturated heterocycles. The van der Waals surface area contributed by atoms with Gasteiger partial charge in [-0.2, -0.15) is 0 Å². The summed E-state index contributed by atoms with van der Waals surface area (Å²) in [6.45, 7) is 0. The van der Waals surface area contributed by atoms with Crippen LogP contribution in [0.2, 0.25) is 5.02 Å². The number of hydrogen-bond acceptors (Lipinski definition) is 6. The minimum Gasteiger partial charge on any atom is -0.409 e. The molecule has 2 aromatic rings. The summed E-state index contributed by atoms with van der Waals surface area (Å²) in [6, 6.07) is 5.74. The van der Waals surface area contributed by atoms with E-state index < -0.39 is 0 Å². The molecule has 0 atom stereocenters. The monoisotopic (exact) mass is 324 g/mol. The van der Waals surface area contributed by atoms with Crippen LogP contribution < -0.4 is 5.73 Å². The summed E-state index contributed by atoms with van der Waals surface area (Å²) >= 11 is 7.76. The number of nitrogens with two attached hydrogens (primary N) is 1. The van der Waals surface area contributed by atoms with Crippen LogP contribution in [0.3, 0.4) is 0 Å². The van der Waals surface area contributed by atoms with Gasteiger partial charge in [-0.05, 0) is 34.9 Å². The molecule has 3 N–H and O–H groups in total. The van der Waals surface area contributed by atoms with Crippen LogP contribution in [0.25, 0.3) is 0 Å². The van der Waals surface area contributed by atoms with Gasteiger partial charge in [0.2, 0.25) is 5.16 Å². The Morgan fingerprint density at radius 3 is 3.00 bits per heavy atom. The molecule has 1 aromatic carbocycles. The van der Waals surface area contributed by atoms with Gasteiger partial charge in [0.15, 0.2) is 5.84 Å². The number of hydrogen-bond donors (Lipinski definition) is 2. The molecule has 1 aliphatic carbocycles. The van der Waals surface area contributed by atoms with E-state index in [9.17, 15) is 0 Å². The number of rotatable bonds is 5. The summed E-state index contributed by atoms with van der Waals surface area (Å²) in [6.07, 6.45) is 2.27. The highest BCUT2D eigenvalue weighted by Gasteiger charge is 2.27. The summed E-state index contributed by atoms with van der Waals surface area (Å²) in [5, 5.41) is 24.7. The van der Waals surface area contributed by atoms with Gasteiger partial charge in [-0.25, -0.2) is 4.68 Å². The molecule has 0 unspecified atom stereocenters. The molecular formula is C12H13ClN6OS. The summed E-state index contributed by atoms with van der Waals surface area (Å²) in [7, 11) is 0. The maximum Gasteiger partial charge on any atom is 0.209 e. The average Bonchev–Trinajstić information content (AvgIpc) is 3.24. The fourth-order valence-corrected chi connectivity index (χ4v) is 3.13. The Balaban J connectivity index is 1.71. The lowest BCUT2D eigenvalue weighted by molar-refractivity contribution is 0.318. The van der Waals surface area contributed by atoms with Crippen LogP contribution in [0.1, 0.15) is 30.0 Å². The minimum atomic E-state index is 0.0359. The number of tetrazole rings is 1. The van der Waals surface area contributed by atoms with Crippen LogP contribution >= 0.6 is 23.4 Å². The van der Waals surface area contributed by atoms with Crippen LogP contribution in [0, 0.1) is 0 Å². The molecule has 1 saturated carbocycles. The summed E-state index contributed by atoms with van der Waals surface area (Å²) in [5.41, 5.74) is 7.06. The molecule has 110 valence electrons. The van der Waals surface area contributed by atoms with E-state index in [1.54, 1.807) is 23.9 Å². The maximum absolute atomic E-state index is 8.66. The molecule has 0 aliphatic heterocycles. The number of amidine groups is 1. The standard InChI is InChI=1S/C12H13ClN6OS/c13-10-5-7(11(14)16-20)1-2-8(10)6-21-12-15-17-18-19(12)9-3-4-9/h1-2,5,9,20H,3-4,6H2,(H2,14,16). The van der Waals surface area contributed by atoms with Gasteiger partial charge in [0.25, 0.3) is 0 Å². The lowest BCUT2D eigenvalue weighted by atomic mass is 10.1. The molecule has 3 rings (SSSR count). The van der Waals surface area contributed by atoms with Gasteiger partial charge in [0, 0.05) is 16.3 Å². The van der Waals surface area contributed by atoms with Crippen molar-refractivity contribution in [2.24, 2.45) is 10.9 Å². The van der Waals surface area contributed by atoms with Crippen molar-refractivity contribution in [1.29, 1.82) is 0 Å². The van der Waals surface area contributed by atoms with Crippen LogP contribution in [-0.4, -0.2) is 31.3 Å². The van der Waals surface area contributed by atoms with Crippen LogP contribution in [0.15, 0.2) is 28.5 Å². The van der Waals surface area contributed by atoms with E-state index in [1.807, 2.05) is 10.7 Å². The lowest BCUT2D eigenvalue weighted by Crippen LogP contribution is -2.13. The van der Waals surface area contributed by atoms with E-state index in [4.69, 9.17) is 22.5 Å². The van der Waals surface area contributed by atoms with E-state index in [1.165, 1.54) is 0 Å². The van der Waals surface area contributed by atoms with Crippen LogP contribution in [0.5, 0.6) is 0 Å². The second kappa shape index (κ2) is 5.90. The van der Waals surface area contributed by atoms with E-state index in [0.717, 1.165) is 23.6 Å². The molecule has 0 amide bonds. The molecule has 1 aromatic heterocycles. The zero-order valence-corrected chi connectivity index (χ0v) is 12.5. The predicted molar refractivity (Wildman–Crippen MR) is 79.6 cm³/mol. The maximum atomic E-state index is 8.66. The van der Waals surface area contributed by atoms with E-state index in [0.29, 0.717) is 22.4 Å². The third-order valence-electron chi connectivity index (χ3n) is 3.17. The highest BCUT2D eigenvalue weighted by Crippen LogP contribution is 2.37. The Bertz CT molecular complexity index is 684. The minimum absolute atomic E-state index is 0.0359. The van der Waals surface area contributed by atoms with Crippen LogP contribution in [-0.2, 0) is 5.75 Å². The first-order valence-electron chi connectivity index (χ1n) is 6.36. The molecule has 0 radical (unpaired) electrons. The third-order valence-corrected chi connectivity index (χ3v) is 4.50. The molecule has 1 fully saturated rings. The number of benzene rings is 1. The fraction of sp³-hybridized carbons (Fsp3) is 0.333. The van der Waals surface area contributed by atoms with Crippen molar-refractivity contribution < 1.29 is 5.21 Å². The SMILES string of the molecule is N/C(=N/O)c1ccc(CSc2nnnn2C2CC2)c(Cl)c1. The first-order chi connectivity index (χ1) is 10.2. The average molecular weight is 325 g/mol. The molecule has 0 bridgehead atoms. The molecule has 1 aliphatic rings. The zero-order valence-electron chi connectivity index (χ0n) is 11.0. The Hall–Kier alpha value is -1.80. The van der Waals surface area contributed by atoms with Crippen molar-refractivity contribution in [3.63, 3.8) is 0 Å². The highest BCUT2D eigenvalue weighted by atomic mass is 35.5. The molecule has 0 spiro atoms. The zero-order chi connectivity index (χ0) is 14.8. The molecule has 7 nitrogen and oxygen atoms in total. The lowest BCUT2D eigenvalue weighted by Gasteiger charge is -2.06. The Morgan fingerprint density at radius 1 is 1.52 bits per heavy atom. The number of thioether (sulfide) groups is 1. The second-order valence-electron chi connectivity index (χ2n) is 4.72. The normalized spacial score (nSPS) is 15.4. The van der Waals surface area contributed by atoms with Crippen LogP contribution in [0.4, 0.5) is 0 Å². The van der Waals surface area contributed by atoms with Crippen molar-refractivity contribution in [3.8, 4) is 0 Å². The van der Waals surface area contributed by atoms with E-state index in [2.05, 4.69) is 20.7 Å². The summed E-state index contributed by atoms with van der Waals surface area (Å²) < 4.78 is 1.86. The first kappa shape index (κ1) is 14.2. The number of oxime groups is 1. The Kier molecular flexibility index (Phi) is 3.98. The third kappa shape index (κ3) is 3.11. The number of nitrogens with zero attached hydrogens (tertiary/aromatic N) is 5. The van der Waals surface area contributed by atoms with Crippen molar-refractivity contribution >= 4 is 29.2 Å². The topological polar surface area (TPSA) is 102 Å². The Labute approximate surface area is 130 Å². The predicted octanol–water partition coefficient (Wildman–Crippen LogP) is 2.05. The molecule has 21 heavy (non-hydrogen) atoms. The molecule has 9 heteroatoms. The largest absolute Gasteiger partial charge is 0.409 e. The van der Waals surface area contributed by atoms with Gasteiger partial charge in [-0.1, -0.05) is 40.7 Å². The highest BCUT2D eigenvalue weighted by molar-refractivity contribution is 7.98. The van der Waals surface area contributed by atoms with Crippen molar-refractivity contribution in [1.82, 2.24) is 20.2 Å². The van der Waals surface area contributed by atoms with Crippen molar-refractivity contribution in [2.45, 2.75) is 29.8 Å². The second-order valence-corrected chi connectivity index (χ2v) is 6.07. The first-order valence-corrected chi connectivity index (χ1v) is 7.72. The van der Waals surface area contributed by atoms with Gasteiger partial charge >= 0.3 is 0 Å². The number of halogens is 1. The molecule has 1 heterocycles. The van der Waals surface area contributed by atoms with Gasteiger partial charge in [0.1, 0.15) is 0 Å². The van der Waals surface area contributed by atoms with Gasteiger partial charge in [0.05, 0.1) is 6.04 Å². The van der Waals surface area contributed by atoms with E-state index >= 15 is 0 Å². The van der Waals surface area contributed by atoms with Crippen molar-refractivity contribution in [3.05, 3.63) is 34.3 Å². The van der Waals surface area contributed by atoms with Crippen molar-refractivity contribution in [2.75, 3.05) is 0 Å². The number of aromatic nitrogens is 4. The van der Waals surface area contributed by atoms with Gasteiger partial charge in [-0.3, -0.25) is 0 Å². The van der Waals surface area contributed by atoms with Gasteiger partial charge in [-0.15, -0.1) is 5.10 Å².